The Balaban J connectivity index is 1.40. The summed E-state index contributed by atoms with van der Waals surface area (Å²) >= 11 is 3.60. The molecule has 1 amide bonds. The van der Waals surface area contributed by atoms with Gasteiger partial charge in [0.15, 0.2) is 0 Å². The quantitative estimate of drug-likeness (QED) is 0.564. The van der Waals surface area contributed by atoms with Crippen LogP contribution in [0, 0.1) is 0 Å². The summed E-state index contributed by atoms with van der Waals surface area (Å²) in [6.45, 7) is 3.76. The number of aromatic nitrogens is 1. The Morgan fingerprint density at radius 3 is 2.58 bits per heavy atom. The maximum absolute atomic E-state index is 12.8. The summed E-state index contributed by atoms with van der Waals surface area (Å²) in [6.07, 6.45) is 1.99. The van der Waals surface area contributed by atoms with Gasteiger partial charge in [-0.05, 0) is 55.0 Å². The van der Waals surface area contributed by atoms with Gasteiger partial charge in [-0.1, -0.05) is 19.1 Å². The lowest BCUT2D eigenvalue weighted by Crippen LogP contribution is -2.37. The Kier molecular flexibility index (Phi) is 5.27. The van der Waals surface area contributed by atoms with Crippen LogP contribution in [0.15, 0.2) is 53.4 Å². The van der Waals surface area contributed by atoms with E-state index in [0.717, 1.165) is 42.8 Å². The number of thioether (sulfide) groups is 1. The molecule has 0 unspecified atom stereocenters. The van der Waals surface area contributed by atoms with Gasteiger partial charge in [-0.2, -0.15) is 0 Å². The average molecular weight is 383 g/mol. The minimum absolute atomic E-state index is 0.154. The number of amides is 1. The predicted molar refractivity (Wildman–Crippen MR) is 110 cm³/mol. The highest BCUT2D eigenvalue weighted by molar-refractivity contribution is 7.99. The largest absolute Gasteiger partial charge is 0.339 e. The van der Waals surface area contributed by atoms with Crippen LogP contribution in [0.3, 0.4) is 0 Å². The van der Waals surface area contributed by atoms with Gasteiger partial charge in [0.05, 0.1) is 15.2 Å². The van der Waals surface area contributed by atoms with Crippen molar-refractivity contribution in [3.63, 3.8) is 0 Å². The third-order valence-corrected chi connectivity index (χ3v) is 6.95. The van der Waals surface area contributed by atoms with Crippen LogP contribution in [0.2, 0.25) is 0 Å². The second-order valence-corrected chi connectivity index (χ2v) is 8.94. The number of para-hydroxylation sites is 1. The van der Waals surface area contributed by atoms with Crippen LogP contribution < -0.4 is 0 Å². The van der Waals surface area contributed by atoms with Gasteiger partial charge in [0.2, 0.25) is 0 Å². The van der Waals surface area contributed by atoms with E-state index in [0.29, 0.717) is 5.92 Å². The molecule has 5 heteroatoms. The topological polar surface area (TPSA) is 33.2 Å². The van der Waals surface area contributed by atoms with Gasteiger partial charge in [-0.3, -0.25) is 4.79 Å². The van der Waals surface area contributed by atoms with E-state index in [-0.39, 0.29) is 5.91 Å². The molecule has 0 radical (unpaired) electrons. The lowest BCUT2D eigenvalue weighted by molar-refractivity contribution is 0.0713. The molecule has 1 aliphatic rings. The Morgan fingerprint density at radius 2 is 1.88 bits per heavy atom. The summed E-state index contributed by atoms with van der Waals surface area (Å²) in [5.74, 6) is 1.67. The van der Waals surface area contributed by atoms with Gasteiger partial charge in [0, 0.05) is 29.5 Å². The number of piperidine rings is 1. The first-order valence-corrected chi connectivity index (χ1v) is 10.9. The Bertz CT molecular complexity index is 863. The number of benzene rings is 2. The number of hydrogen-bond donors (Lipinski definition) is 0. The van der Waals surface area contributed by atoms with Crippen LogP contribution in [0.4, 0.5) is 0 Å². The molecular formula is C21H22N2OS2. The van der Waals surface area contributed by atoms with Gasteiger partial charge in [-0.15, -0.1) is 23.1 Å². The van der Waals surface area contributed by atoms with Crippen molar-refractivity contribution >= 4 is 39.2 Å². The predicted octanol–water partition coefficient (Wildman–Crippen LogP) is 5.43. The van der Waals surface area contributed by atoms with Crippen LogP contribution >= 0.6 is 23.1 Å². The van der Waals surface area contributed by atoms with E-state index in [4.69, 9.17) is 4.98 Å². The molecule has 0 spiro atoms. The summed E-state index contributed by atoms with van der Waals surface area (Å²) < 4.78 is 1.26. The average Bonchev–Trinajstić information content (AvgIpc) is 3.13. The third kappa shape index (κ3) is 3.64. The van der Waals surface area contributed by atoms with Crippen molar-refractivity contribution in [2.24, 2.45) is 0 Å². The van der Waals surface area contributed by atoms with E-state index in [1.807, 2.05) is 23.1 Å². The van der Waals surface area contributed by atoms with Crippen molar-refractivity contribution in [3.8, 4) is 0 Å². The van der Waals surface area contributed by atoms with Crippen LogP contribution in [0.1, 0.15) is 41.0 Å². The summed E-state index contributed by atoms with van der Waals surface area (Å²) in [5, 5.41) is 1.22. The van der Waals surface area contributed by atoms with Gasteiger partial charge in [0.1, 0.15) is 0 Å². The molecule has 3 aromatic rings. The highest BCUT2D eigenvalue weighted by atomic mass is 32.2. The third-order valence-electron chi connectivity index (χ3n) is 4.85. The maximum atomic E-state index is 12.8. The summed E-state index contributed by atoms with van der Waals surface area (Å²) in [7, 11) is 0. The van der Waals surface area contributed by atoms with E-state index < -0.39 is 0 Å². The van der Waals surface area contributed by atoms with Crippen molar-refractivity contribution in [1.29, 1.82) is 0 Å². The number of thiazole rings is 1. The van der Waals surface area contributed by atoms with E-state index >= 15 is 0 Å². The van der Waals surface area contributed by atoms with E-state index in [1.165, 1.54) is 14.6 Å². The molecule has 0 aliphatic carbocycles. The first kappa shape index (κ1) is 17.6. The lowest BCUT2D eigenvalue weighted by Gasteiger charge is -2.31. The molecule has 1 fully saturated rings. The Morgan fingerprint density at radius 1 is 1.15 bits per heavy atom. The fourth-order valence-electron chi connectivity index (χ4n) is 3.44. The fourth-order valence-corrected chi connectivity index (χ4v) is 5.24. The second kappa shape index (κ2) is 7.80. The van der Waals surface area contributed by atoms with Crippen molar-refractivity contribution in [3.05, 3.63) is 59.1 Å². The molecule has 1 aliphatic heterocycles. The monoisotopic (exact) mass is 382 g/mol. The first-order valence-electron chi connectivity index (χ1n) is 9.12. The molecule has 26 heavy (non-hydrogen) atoms. The number of hydrogen-bond acceptors (Lipinski definition) is 4. The summed E-state index contributed by atoms with van der Waals surface area (Å²) in [6, 6.07) is 16.3. The van der Waals surface area contributed by atoms with Crippen molar-refractivity contribution in [2.45, 2.75) is 30.6 Å². The number of nitrogens with zero attached hydrogens (tertiary/aromatic N) is 2. The Hall–Kier alpha value is -1.85. The zero-order valence-corrected chi connectivity index (χ0v) is 16.5. The number of carbonyl (C=O) groups excluding carboxylic acids is 1. The Labute approximate surface area is 162 Å². The molecule has 0 saturated carbocycles. The molecule has 2 aromatic carbocycles. The van der Waals surface area contributed by atoms with Gasteiger partial charge >= 0.3 is 0 Å². The molecule has 0 atom stereocenters. The van der Waals surface area contributed by atoms with Crippen molar-refractivity contribution in [1.82, 2.24) is 9.88 Å². The number of carbonyl (C=O) groups is 1. The van der Waals surface area contributed by atoms with E-state index in [2.05, 4.69) is 37.3 Å². The van der Waals surface area contributed by atoms with E-state index in [9.17, 15) is 4.79 Å². The highest BCUT2D eigenvalue weighted by Gasteiger charge is 2.26. The normalized spacial score (nSPS) is 15.5. The maximum Gasteiger partial charge on any atom is 0.253 e. The summed E-state index contributed by atoms with van der Waals surface area (Å²) in [5.41, 5.74) is 1.89. The molecule has 4 rings (SSSR count). The zero-order chi connectivity index (χ0) is 17.9. The number of rotatable bonds is 4. The molecule has 3 nitrogen and oxygen atoms in total. The van der Waals surface area contributed by atoms with Crippen molar-refractivity contribution in [2.75, 3.05) is 18.8 Å². The van der Waals surface area contributed by atoms with Gasteiger partial charge < -0.3 is 4.90 Å². The highest BCUT2D eigenvalue weighted by Crippen LogP contribution is 2.34. The zero-order valence-electron chi connectivity index (χ0n) is 14.9. The SMILES string of the molecule is CCSc1ccc(C(=O)N2CCC(c3nc4ccccc4s3)CC2)cc1. The van der Waals surface area contributed by atoms with Gasteiger partial charge in [-0.25, -0.2) is 4.98 Å². The molecule has 0 N–H and O–H groups in total. The molecular weight excluding hydrogens is 360 g/mol. The standard InChI is InChI=1S/C21H22N2OS2/c1-2-25-17-9-7-16(8-10-17)21(24)23-13-11-15(12-14-23)20-22-18-5-3-4-6-19(18)26-20/h3-10,15H,2,11-14H2,1H3. The van der Waals surface area contributed by atoms with Crippen LogP contribution in [0.25, 0.3) is 10.2 Å². The minimum atomic E-state index is 0.154. The minimum Gasteiger partial charge on any atom is -0.339 e. The van der Waals surface area contributed by atoms with Crippen LogP contribution in [-0.4, -0.2) is 34.6 Å². The molecule has 2 heterocycles. The lowest BCUT2D eigenvalue weighted by atomic mass is 9.97. The molecule has 0 bridgehead atoms. The summed E-state index contributed by atoms with van der Waals surface area (Å²) in [4.78, 5) is 20.8. The van der Waals surface area contributed by atoms with Crippen LogP contribution in [-0.2, 0) is 0 Å². The first-order chi connectivity index (χ1) is 12.7. The second-order valence-electron chi connectivity index (χ2n) is 6.54. The number of fused-ring (bicyclic) bond motifs is 1. The number of likely N-dealkylation sites (tertiary alicyclic amines) is 1. The molecule has 1 saturated heterocycles. The molecule has 134 valence electrons. The molecule has 1 aromatic heterocycles. The fraction of sp³-hybridized carbons (Fsp3) is 0.333. The van der Waals surface area contributed by atoms with Crippen molar-refractivity contribution < 1.29 is 4.79 Å². The smallest absolute Gasteiger partial charge is 0.253 e. The van der Waals surface area contributed by atoms with Crippen LogP contribution in [0.5, 0.6) is 0 Å². The van der Waals surface area contributed by atoms with E-state index in [1.54, 1.807) is 23.1 Å². The van der Waals surface area contributed by atoms with Gasteiger partial charge in [0.25, 0.3) is 5.91 Å².